The Morgan fingerprint density at radius 2 is 1.95 bits per heavy atom. The van der Waals surface area contributed by atoms with E-state index >= 15 is 0 Å². The van der Waals surface area contributed by atoms with Crippen LogP contribution in [-0.4, -0.2) is 23.3 Å². The average Bonchev–Trinajstić information content (AvgIpc) is 2.67. The van der Waals surface area contributed by atoms with Gasteiger partial charge in [0, 0.05) is 12.3 Å². The molecule has 19 heavy (non-hydrogen) atoms. The normalized spacial score (nSPS) is 19.2. The first kappa shape index (κ1) is 13.7. The highest BCUT2D eigenvalue weighted by Crippen LogP contribution is 2.27. The van der Waals surface area contributed by atoms with E-state index in [0.29, 0.717) is 12.3 Å². The van der Waals surface area contributed by atoms with Gasteiger partial charge in [0.05, 0.1) is 11.6 Å². The molecule has 1 unspecified atom stereocenters. The number of rotatable bonds is 4. The summed E-state index contributed by atoms with van der Waals surface area (Å²) < 4.78 is 0. The van der Waals surface area contributed by atoms with Crippen molar-refractivity contribution in [2.75, 3.05) is 11.6 Å². The van der Waals surface area contributed by atoms with Gasteiger partial charge in [-0.25, -0.2) is 5.01 Å². The molecule has 1 amide bonds. The molecule has 2 rings (SSSR count). The molecule has 1 aromatic rings. The van der Waals surface area contributed by atoms with Gasteiger partial charge in [0.15, 0.2) is 0 Å². The Morgan fingerprint density at radius 3 is 2.47 bits per heavy atom. The van der Waals surface area contributed by atoms with Gasteiger partial charge < -0.3 is 5.11 Å². The van der Waals surface area contributed by atoms with Crippen LogP contribution in [-0.2, 0) is 4.79 Å². The predicted octanol–water partition coefficient (Wildman–Crippen LogP) is 2.53. The van der Waals surface area contributed by atoms with Crippen LogP contribution in [0.25, 0.3) is 0 Å². The van der Waals surface area contributed by atoms with Crippen LogP contribution in [0.4, 0.5) is 5.69 Å². The Bertz CT molecular complexity index is 491. The molecule has 1 heterocycles. The summed E-state index contributed by atoms with van der Waals surface area (Å²) in [5.74, 6) is 0.134. The largest absolute Gasteiger partial charge is 0.396 e. The lowest BCUT2D eigenvalue weighted by molar-refractivity contribution is -0.120. The minimum Gasteiger partial charge on any atom is -0.396 e. The van der Waals surface area contributed by atoms with Gasteiger partial charge in [-0.2, -0.15) is 5.10 Å². The zero-order valence-electron chi connectivity index (χ0n) is 11.6. The Labute approximate surface area is 113 Å². The highest BCUT2D eigenvalue weighted by Gasteiger charge is 2.33. The maximum Gasteiger partial charge on any atom is 0.256 e. The number of aliphatic hydroxyl groups excluding tert-OH is 1. The van der Waals surface area contributed by atoms with Gasteiger partial charge >= 0.3 is 0 Å². The number of hydrazone groups is 1. The van der Waals surface area contributed by atoms with E-state index in [1.165, 1.54) is 10.6 Å². The average molecular weight is 260 g/mol. The SMILES string of the molecule is CC1=NN(c2ccc(C(C)C)cc2)C(=O)C1CCO. The number of benzene rings is 1. The smallest absolute Gasteiger partial charge is 0.256 e. The van der Waals surface area contributed by atoms with Gasteiger partial charge in [-0.15, -0.1) is 0 Å². The molecule has 0 spiro atoms. The van der Waals surface area contributed by atoms with Crippen molar-refractivity contribution in [3.63, 3.8) is 0 Å². The van der Waals surface area contributed by atoms with Crippen LogP contribution in [0.2, 0.25) is 0 Å². The second-order valence-corrected chi connectivity index (χ2v) is 5.20. The molecule has 1 N–H and O–H groups in total. The van der Waals surface area contributed by atoms with E-state index in [1.807, 2.05) is 31.2 Å². The van der Waals surface area contributed by atoms with E-state index < -0.39 is 0 Å². The third kappa shape index (κ3) is 2.68. The van der Waals surface area contributed by atoms with Crippen molar-refractivity contribution in [1.82, 2.24) is 0 Å². The second kappa shape index (κ2) is 5.53. The van der Waals surface area contributed by atoms with Crippen molar-refractivity contribution >= 4 is 17.3 Å². The molecule has 0 fully saturated rings. The van der Waals surface area contributed by atoms with Crippen molar-refractivity contribution in [2.24, 2.45) is 11.0 Å². The first-order valence-electron chi connectivity index (χ1n) is 6.64. The van der Waals surface area contributed by atoms with Crippen molar-refractivity contribution < 1.29 is 9.90 Å². The number of amides is 1. The molecule has 4 heteroatoms. The fraction of sp³-hybridized carbons (Fsp3) is 0.467. The van der Waals surface area contributed by atoms with Crippen molar-refractivity contribution in [2.45, 2.75) is 33.1 Å². The number of aliphatic hydroxyl groups is 1. The zero-order chi connectivity index (χ0) is 14.0. The standard InChI is InChI=1S/C15H20N2O2/c1-10(2)12-4-6-13(7-5-12)17-15(19)14(8-9-18)11(3)16-17/h4-7,10,14,18H,8-9H2,1-3H3. The predicted molar refractivity (Wildman–Crippen MR) is 76.3 cm³/mol. The number of anilines is 1. The van der Waals surface area contributed by atoms with Crippen LogP contribution in [0.1, 0.15) is 38.7 Å². The van der Waals surface area contributed by atoms with Gasteiger partial charge in [0.1, 0.15) is 0 Å². The lowest BCUT2D eigenvalue weighted by Gasteiger charge is -2.15. The van der Waals surface area contributed by atoms with E-state index in [-0.39, 0.29) is 18.4 Å². The first-order chi connectivity index (χ1) is 9.04. The molecule has 4 nitrogen and oxygen atoms in total. The van der Waals surface area contributed by atoms with E-state index in [1.54, 1.807) is 0 Å². The van der Waals surface area contributed by atoms with Crippen LogP contribution in [0.15, 0.2) is 29.4 Å². The molecule has 1 aromatic carbocycles. The maximum absolute atomic E-state index is 12.2. The number of carbonyl (C=O) groups is 1. The van der Waals surface area contributed by atoms with Crippen LogP contribution in [0.5, 0.6) is 0 Å². The van der Waals surface area contributed by atoms with E-state index in [2.05, 4.69) is 18.9 Å². The van der Waals surface area contributed by atoms with Gasteiger partial charge in [-0.05, 0) is 37.0 Å². The van der Waals surface area contributed by atoms with Crippen molar-refractivity contribution in [3.8, 4) is 0 Å². The molecule has 0 radical (unpaired) electrons. The first-order valence-corrected chi connectivity index (χ1v) is 6.64. The minimum atomic E-state index is -0.283. The summed E-state index contributed by atoms with van der Waals surface area (Å²) >= 11 is 0. The maximum atomic E-state index is 12.2. The molecule has 102 valence electrons. The lowest BCUT2D eigenvalue weighted by atomic mass is 10.0. The molecular weight excluding hydrogens is 240 g/mol. The van der Waals surface area contributed by atoms with Gasteiger partial charge in [-0.3, -0.25) is 4.79 Å². The molecule has 1 aliphatic heterocycles. The molecule has 0 saturated carbocycles. The number of hydrogen-bond acceptors (Lipinski definition) is 3. The molecule has 1 atom stereocenters. The van der Waals surface area contributed by atoms with E-state index in [4.69, 9.17) is 5.11 Å². The fourth-order valence-corrected chi connectivity index (χ4v) is 2.25. The van der Waals surface area contributed by atoms with Crippen LogP contribution >= 0.6 is 0 Å². The highest BCUT2D eigenvalue weighted by molar-refractivity contribution is 6.14. The topological polar surface area (TPSA) is 52.9 Å². The summed E-state index contributed by atoms with van der Waals surface area (Å²) in [6, 6.07) is 7.89. The monoisotopic (exact) mass is 260 g/mol. The fourth-order valence-electron chi connectivity index (χ4n) is 2.25. The molecule has 0 saturated heterocycles. The van der Waals surface area contributed by atoms with Gasteiger partial charge in [0.2, 0.25) is 0 Å². The summed E-state index contributed by atoms with van der Waals surface area (Å²) in [5.41, 5.74) is 2.80. The van der Waals surface area contributed by atoms with Crippen molar-refractivity contribution in [1.29, 1.82) is 0 Å². The Balaban J connectivity index is 2.21. The Morgan fingerprint density at radius 1 is 1.32 bits per heavy atom. The summed E-state index contributed by atoms with van der Waals surface area (Å²) in [6.45, 7) is 6.11. The number of nitrogens with zero attached hydrogens (tertiary/aromatic N) is 2. The zero-order valence-corrected chi connectivity index (χ0v) is 11.6. The van der Waals surface area contributed by atoms with E-state index in [0.717, 1.165) is 11.4 Å². The molecule has 1 aliphatic rings. The van der Waals surface area contributed by atoms with Crippen LogP contribution < -0.4 is 5.01 Å². The summed E-state index contributed by atoms with van der Waals surface area (Å²) in [4.78, 5) is 12.2. The van der Waals surface area contributed by atoms with E-state index in [9.17, 15) is 4.79 Å². The lowest BCUT2D eigenvalue weighted by Crippen LogP contribution is -2.27. The molecule has 0 bridgehead atoms. The second-order valence-electron chi connectivity index (χ2n) is 5.20. The minimum absolute atomic E-state index is 0.00337. The quantitative estimate of drug-likeness (QED) is 0.904. The summed E-state index contributed by atoms with van der Waals surface area (Å²) in [7, 11) is 0. The number of hydrogen-bond donors (Lipinski definition) is 1. The molecule has 0 aliphatic carbocycles. The Hall–Kier alpha value is -1.68. The van der Waals surface area contributed by atoms with Crippen molar-refractivity contribution in [3.05, 3.63) is 29.8 Å². The number of carbonyl (C=O) groups excluding carboxylic acids is 1. The summed E-state index contributed by atoms with van der Waals surface area (Å²) in [6.07, 6.45) is 0.439. The molecular formula is C15H20N2O2. The molecule has 0 aromatic heterocycles. The van der Waals surface area contributed by atoms with Crippen LogP contribution in [0, 0.1) is 5.92 Å². The third-order valence-corrected chi connectivity index (χ3v) is 3.49. The highest BCUT2D eigenvalue weighted by atomic mass is 16.3. The Kier molecular flexibility index (Phi) is 4.00. The van der Waals surface area contributed by atoms with Gasteiger partial charge in [-0.1, -0.05) is 26.0 Å². The third-order valence-electron chi connectivity index (χ3n) is 3.49. The summed E-state index contributed by atoms with van der Waals surface area (Å²) in [5, 5.41) is 14.7. The van der Waals surface area contributed by atoms with Gasteiger partial charge in [0.25, 0.3) is 5.91 Å². The van der Waals surface area contributed by atoms with Crippen LogP contribution in [0.3, 0.4) is 0 Å².